The van der Waals surface area contributed by atoms with E-state index in [0.29, 0.717) is 0 Å². The van der Waals surface area contributed by atoms with Gasteiger partial charge in [0.2, 0.25) is 0 Å². The van der Waals surface area contributed by atoms with Gasteiger partial charge in [-0.1, -0.05) is 19.1 Å². The predicted molar refractivity (Wildman–Crippen MR) is 68.3 cm³/mol. The molecule has 0 amide bonds. The average molecular weight is 239 g/mol. The molecule has 2 N–H and O–H groups in total. The Hall–Kier alpha value is -0.930. The molecule has 96 valence electrons. The Morgan fingerprint density at radius 2 is 1.94 bits per heavy atom. The minimum atomic E-state index is -0.234. The largest absolute Gasteiger partial charge is 0.393 e. The number of rotatable bonds is 7. The molecule has 0 fully saturated rings. The monoisotopic (exact) mass is 239 g/mol. The fourth-order valence-corrected chi connectivity index (χ4v) is 1.87. The molecule has 1 aromatic carbocycles. The number of aliphatic hydroxyl groups is 1. The van der Waals surface area contributed by atoms with E-state index in [1.807, 2.05) is 12.1 Å². The molecule has 0 spiro atoms. The molecule has 0 aliphatic carbocycles. The second-order valence-electron chi connectivity index (χ2n) is 4.46. The maximum atomic E-state index is 12.8. The number of halogens is 1. The lowest BCUT2D eigenvalue weighted by molar-refractivity contribution is 0.181. The highest BCUT2D eigenvalue weighted by Crippen LogP contribution is 2.16. The third kappa shape index (κ3) is 5.29. The molecule has 3 heteroatoms. The van der Waals surface area contributed by atoms with E-state index < -0.39 is 0 Å². The van der Waals surface area contributed by atoms with Crippen molar-refractivity contribution >= 4 is 0 Å². The van der Waals surface area contributed by atoms with E-state index in [2.05, 4.69) is 12.2 Å². The summed E-state index contributed by atoms with van der Waals surface area (Å²) in [5.41, 5.74) is 1.12. The summed E-state index contributed by atoms with van der Waals surface area (Å²) >= 11 is 0. The first-order valence-corrected chi connectivity index (χ1v) is 6.30. The quantitative estimate of drug-likeness (QED) is 0.717. The van der Waals surface area contributed by atoms with Gasteiger partial charge in [-0.2, -0.15) is 0 Å². The lowest BCUT2D eigenvalue weighted by atomic mass is 10.0. The molecule has 0 bridgehead atoms. The van der Waals surface area contributed by atoms with Crippen molar-refractivity contribution in [1.29, 1.82) is 0 Å². The van der Waals surface area contributed by atoms with Crippen molar-refractivity contribution in [3.8, 4) is 0 Å². The molecule has 0 aliphatic rings. The van der Waals surface area contributed by atoms with Crippen LogP contribution >= 0.6 is 0 Å². The molecular weight excluding hydrogens is 217 g/mol. The third-order valence-electron chi connectivity index (χ3n) is 2.87. The van der Waals surface area contributed by atoms with Gasteiger partial charge >= 0.3 is 0 Å². The van der Waals surface area contributed by atoms with Crippen molar-refractivity contribution in [1.82, 2.24) is 5.32 Å². The first-order chi connectivity index (χ1) is 8.13. The van der Waals surface area contributed by atoms with Crippen molar-refractivity contribution in [2.24, 2.45) is 0 Å². The van der Waals surface area contributed by atoms with Gasteiger partial charge in [0.05, 0.1) is 6.10 Å². The van der Waals surface area contributed by atoms with Crippen molar-refractivity contribution in [3.63, 3.8) is 0 Å². The van der Waals surface area contributed by atoms with E-state index in [0.717, 1.165) is 31.4 Å². The summed E-state index contributed by atoms with van der Waals surface area (Å²) < 4.78 is 12.8. The first-order valence-electron chi connectivity index (χ1n) is 6.30. The third-order valence-corrected chi connectivity index (χ3v) is 2.87. The SMILES string of the molecule is CCC(NCCCC(C)O)c1ccc(F)cc1. The molecular formula is C14H22FNO. The summed E-state index contributed by atoms with van der Waals surface area (Å²) in [6, 6.07) is 6.91. The lowest BCUT2D eigenvalue weighted by Crippen LogP contribution is -2.22. The van der Waals surface area contributed by atoms with Crippen molar-refractivity contribution < 1.29 is 9.50 Å². The molecule has 0 saturated carbocycles. The van der Waals surface area contributed by atoms with Crippen LogP contribution in [0, 0.1) is 5.82 Å². The molecule has 17 heavy (non-hydrogen) atoms. The Labute approximate surface area is 103 Å². The number of benzene rings is 1. The molecule has 0 heterocycles. The van der Waals surface area contributed by atoms with Crippen molar-refractivity contribution in [2.45, 2.75) is 45.3 Å². The van der Waals surface area contributed by atoms with Gasteiger partial charge in [-0.15, -0.1) is 0 Å². The molecule has 2 nitrogen and oxygen atoms in total. The minimum absolute atomic E-state index is 0.197. The van der Waals surface area contributed by atoms with E-state index in [4.69, 9.17) is 5.11 Å². The van der Waals surface area contributed by atoms with Crippen LogP contribution in [0.1, 0.15) is 44.7 Å². The highest BCUT2D eigenvalue weighted by atomic mass is 19.1. The maximum Gasteiger partial charge on any atom is 0.123 e. The summed E-state index contributed by atoms with van der Waals surface area (Å²) in [6.07, 6.45) is 2.51. The summed E-state index contributed by atoms with van der Waals surface area (Å²) in [4.78, 5) is 0. The smallest absolute Gasteiger partial charge is 0.123 e. The van der Waals surface area contributed by atoms with Gasteiger partial charge in [-0.25, -0.2) is 4.39 Å². The predicted octanol–water partition coefficient (Wildman–Crippen LogP) is 3.03. The zero-order valence-corrected chi connectivity index (χ0v) is 10.6. The second kappa shape index (κ2) is 7.41. The van der Waals surface area contributed by atoms with Crippen molar-refractivity contribution in [3.05, 3.63) is 35.6 Å². The molecule has 2 atom stereocenters. The molecule has 0 saturated heterocycles. The van der Waals surface area contributed by atoms with E-state index in [-0.39, 0.29) is 18.0 Å². The Morgan fingerprint density at radius 3 is 2.47 bits per heavy atom. The molecule has 0 aliphatic heterocycles. The molecule has 1 aromatic rings. The zero-order chi connectivity index (χ0) is 12.7. The van der Waals surface area contributed by atoms with Gasteiger partial charge < -0.3 is 10.4 Å². The highest BCUT2D eigenvalue weighted by molar-refractivity contribution is 5.19. The van der Waals surface area contributed by atoms with E-state index in [1.165, 1.54) is 12.1 Å². The lowest BCUT2D eigenvalue weighted by Gasteiger charge is -2.17. The van der Waals surface area contributed by atoms with Crippen LogP contribution in [0.25, 0.3) is 0 Å². The summed E-state index contributed by atoms with van der Waals surface area (Å²) in [7, 11) is 0. The van der Waals surface area contributed by atoms with E-state index in [1.54, 1.807) is 6.92 Å². The van der Waals surface area contributed by atoms with Crippen LogP contribution in [0.3, 0.4) is 0 Å². The molecule has 0 radical (unpaired) electrons. The van der Waals surface area contributed by atoms with Gasteiger partial charge in [0.25, 0.3) is 0 Å². The van der Waals surface area contributed by atoms with Crippen LogP contribution in [0.5, 0.6) is 0 Å². The Kier molecular flexibility index (Phi) is 6.16. The fraction of sp³-hybridized carbons (Fsp3) is 0.571. The average Bonchev–Trinajstić information content (AvgIpc) is 2.30. The van der Waals surface area contributed by atoms with Crippen LogP contribution in [0.4, 0.5) is 4.39 Å². The van der Waals surface area contributed by atoms with Gasteiger partial charge in [0.1, 0.15) is 5.82 Å². The van der Waals surface area contributed by atoms with Crippen molar-refractivity contribution in [2.75, 3.05) is 6.54 Å². The molecule has 2 unspecified atom stereocenters. The van der Waals surface area contributed by atoms with Gasteiger partial charge in [0, 0.05) is 6.04 Å². The summed E-state index contributed by atoms with van der Waals surface area (Å²) in [5, 5.41) is 12.6. The fourth-order valence-electron chi connectivity index (χ4n) is 1.87. The molecule has 1 rings (SSSR count). The number of aliphatic hydroxyl groups excluding tert-OH is 1. The maximum absolute atomic E-state index is 12.8. The summed E-state index contributed by atoms with van der Waals surface area (Å²) in [5.74, 6) is -0.197. The number of hydrogen-bond acceptors (Lipinski definition) is 2. The summed E-state index contributed by atoms with van der Waals surface area (Å²) in [6.45, 7) is 4.79. The Balaban J connectivity index is 2.40. The van der Waals surface area contributed by atoms with Crippen LogP contribution < -0.4 is 5.32 Å². The van der Waals surface area contributed by atoms with Crippen LogP contribution in [-0.2, 0) is 0 Å². The van der Waals surface area contributed by atoms with Crippen LogP contribution in [-0.4, -0.2) is 17.8 Å². The van der Waals surface area contributed by atoms with E-state index >= 15 is 0 Å². The van der Waals surface area contributed by atoms with Gasteiger partial charge in [0.15, 0.2) is 0 Å². The Morgan fingerprint density at radius 1 is 1.29 bits per heavy atom. The van der Waals surface area contributed by atoms with Crippen LogP contribution in [0.15, 0.2) is 24.3 Å². The molecule has 0 aromatic heterocycles. The standard InChI is InChI=1S/C14H22FNO/c1-3-14(16-10-4-5-11(2)17)12-6-8-13(15)9-7-12/h6-9,11,14,16-17H,3-5,10H2,1-2H3. The second-order valence-corrected chi connectivity index (χ2v) is 4.46. The highest BCUT2D eigenvalue weighted by Gasteiger charge is 2.08. The minimum Gasteiger partial charge on any atom is -0.393 e. The normalized spacial score (nSPS) is 14.6. The Bertz CT molecular complexity index is 311. The van der Waals surface area contributed by atoms with Gasteiger partial charge in [-0.05, 0) is 50.4 Å². The number of nitrogens with one attached hydrogen (secondary N) is 1. The number of hydrogen-bond donors (Lipinski definition) is 2. The first kappa shape index (κ1) is 14.1. The zero-order valence-electron chi connectivity index (χ0n) is 10.6. The topological polar surface area (TPSA) is 32.3 Å². The van der Waals surface area contributed by atoms with Crippen LogP contribution in [0.2, 0.25) is 0 Å². The van der Waals surface area contributed by atoms with Gasteiger partial charge in [-0.3, -0.25) is 0 Å². The van der Waals surface area contributed by atoms with E-state index in [9.17, 15) is 4.39 Å².